The van der Waals surface area contributed by atoms with Gasteiger partial charge < -0.3 is 10.2 Å². The highest BCUT2D eigenvalue weighted by molar-refractivity contribution is 7.15. The van der Waals surface area contributed by atoms with Gasteiger partial charge in [-0.1, -0.05) is 18.2 Å². The fraction of sp³-hybridized carbons (Fsp3) is 0.400. The minimum absolute atomic E-state index is 0.241. The molecule has 1 N–H and O–H groups in total. The summed E-state index contributed by atoms with van der Waals surface area (Å²) in [6.45, 7) is 7.46. The molecule has 4 rings (SSSR count). The van der Waals surface area contributed by atoms with Crippen LogP contribution in [-0.4, -0.2) is 27.9 Å². The average Bonchev–Trinajstić information content (AvgIpc) is 3.41. The lowest BCUT2D eigenvalue weighted by atomic mass is 10.1. The van der Waals surface area contributed by atoms with Crippen molar-refractivity contribution in [3.8, 4) is 5.69 Å². The van der Waals surface area contributed by atoms with Crippen molar-refractivity contribution in [3.05, 3.63) is 58.9 Å². The van der Waals surface area contributed by atoms with Crippen molar-refractivity contribution in [2.45, 2.75) is 39.3 Å². The van der Waals surface area contributed by atoms with Crippen LogP contribution >= 0.6 is 11.3 Å². The van der Waals surface area contributed by atoms with Crippen LogP contribution in [0, 0.1) is 6.92 Å². The van der Waals surface area contributed by atoms with Gasteiger partial charge in [0.1, 0.15) is 0 Å². The van der Waals surface area contributed by atoms with E-state index < -0.39 is 0 Å². The van der Waals surface area contributed by atoms with E-state index in [1.54, 1.807) is 11.3 Å². The van der Waals surface area contributed by atoms with Gasteiger partial charge in [0, 0.05) is 48.0 Å². The van der Waals surface area contributed by atoms with E-state index in [-0.39, 0.29) is 6.04 Å². The van der Waals surface area contributed by atoms with Crippen LogP contribution in [0.1, 0.15) is 41.9 Å². The Balaban J connectivity index is 1.41. The SMILES string of the molecule is Cc1c([C@@H](C)NCc2cnc(N3CCCC3)s2)cnn1-c1ccccc1. The lowest BCUT2D eigenvalue weighted by Crippen LogP contribution is -2.18. The number of rotatable bonds is 6. The van der Waals surface area contributed by atoms with Crippen molar-refractivity contribution in [3.63, 3.8) is 0 Å². The number of aromatic nitrogens is 3. The van der Waals surface area contributed by atoms with Crippen LogP contribution in [0.25, 0.3) is 5.69 Å². The van der Waals surface area contributed by atoms with E-state index in [2.05, 4.69) is 46.3 Å². The lowest BCUT2D eigenvalue weighted by molar-refractivity contribution is 0.575. The monoisotopic (exact) mass is 367 g/mol. The molecule has 0 aliphatic carbocycles. The van der Waals surface area contributed by atoms with Gasteiger partial charge in [-0.25, -0.2) is 9.67 Å². The Labute approximate surface area is 158 Å². The van der Waals surface area contributed by atoms with Gasteiger partial charge in [-0.05, 0) is 38.8 Å². The van der Waals surface area contributed by atoms with Crippen molar-refractivity contribution >= 4 is 16.5 Å². The van der Waals surface area contributed by atoms with Crippen LogP contribution in [0.4, 0.5) is 5.13 Å². The highest BCUT2D eigenvalue weighted by atomic mass is 32.1. The molecule has 0 unspecified atom stereocenters. The molecule has 5 nitrogen and oxygen atoms in total. The predicted molar refractivity (Wildman–Crippen MR) is 107 cm³/mol. The first-order valence-electron chi connectivity index (χ1n) is 9.25. The van der Waals surface area contributed by atoms with Crippen LogP contribution in [0.2, 0.25) is 0 Å². The Morgan fingerprint density at radius 1 is 1.15 bits per heavy atom. The van der Waals surface area contributed by atoms with Gasteiger partial charge >= 0.3 is 0 Å². The molecular weight excluding hydrogens is 342 g/mol. The third kappa shape index (κ3) is 3.52. The summed E-state index contributed by atoms with van der Waals surface area (Å²) >= 11 is 1.81. The van der Waals surface area contributed by atoms with Gasteiger partial charge in [0.05, 0.1) is 11.9 Å². The molecule has 3 heterocycles. The average molecular weight is 368 g/mol. The van der Waals surface area contributed by atoms with E-state index in [9.17, 15) is 0 Å². The molecule has 26 heavy (non-hydrogen) atoms. The second-order valence-corrected chi connectivity index (χ2v) is 7.93. The van der Waals surface area contributed by atoms with E-state index in [1.165, 1.54) is 34.1 Å². The minimum atomic E-state index is 0.241. The molecule has 136 valence electrons. The van der Waals surface area contributed by atoms with Crippen molar-refractivity contribution in [1.82, 2.24) is 20.1 Å². The summed E-state index contributed by atoms with van der Waals surface area (Å²) in [6, 6.07) is 10.5. The summed E-state index contributed by atoms with van der Waals surface area (Å²) in [5.74, 6) is 0. The maximum absolute atomic E-state index is 4.60. The van der Waals surface area contributed by atoms with Crippen LogP contribution in [0.5, 0.6) is 0 Å². The standard InChI is InChI=1S/C20H25N5S/c1-15(19-14-23-25(16(19)2)17-8-4-3-5-9-17)21-12-18-13-22-20(26-18)24-10-6-7-11-24/h3-5,8-9,13-15,21H,6-7,10-12H2,1-2H3/t15-/m1/s1. The summed E-state index contributed by atoms with van der Waals surface area (Å²) in [6.07, 6.45) is 6.56. The van der Waals surface area contributed by atoms with Crippen LogP contribution < -0.4 is 10.2 Å². The molecule has 0 amide bonds. The van der Waals surface area contributed by atoms with Crippen molar-refractivity contribution < 1.29 is 0 Å². The molecule has 1 saturated heterocycles. The Morgan fingerprint density at radius 2 is 1.92 bits per heavy atom. The molecule has 1 atom stereocenters. The van der Waals surface area contributed by atoms with Crippen LogP contribution in [0.3, 0.4) is 0 Å². The van der Waals surface area contributed by atoms with Gasteiger partial charge in [0.15, 0.2) is 5.13 Å². The van der Waals surface area contributed by atoms with Crippen molar-refractivity contribution in [2.75, 3.05) is 18.0 Å². The molecule has 0 radical (unpaired) electrons. The Bertz CT molecular complexity index is 848. The number of nitrogens with zero attached hydrogens (tertiary/aromatic N) is 4. The Morgan fingerprint density at radius 3 is 2.69 bits per heavy atom. The molecule has 1 aliphatic rings. The molecule has 1 fully saturated rings. The number of benzene rings is 1. The van der Waals surface area contributed by atoms with E-state index >= 15 is 0 Å². The fourth-order valence-electron chi connectivity index (χ4n) is 3.47. The second kappa shape index (κ2) is 7.60. The van der Waals surface area contributed by atoms with Gasteiger partial charge in [-0.3, -0.25) is 0 Å². The number of anilines is 1. The number of para-hydroxylation sites is 1. The number of hydrogen-bond acceptors (Lipinski definition) is 5. The first-order valence-corrected chi connectivity index (χ1v) is 10.1. The third-order valence-corrected chi connectivity index (χ3v) is 6.07. The quantitative estimate of drug-likeness (QED) is 0.713. The molecule has 2 aromatic heterocycles. The van der Waals surface area contributed by atoms with E-state index in [0.29, 0.717) is 0 Å². The van der Waals surface area contributed by atoms with Crippen molar-refractivity contribution in [2.24, 2.45) is 0 Å². The summed E-state index contributed by atoms with van der Waals surface area (Å²) in [5.41, 5.74) is 3.51. The first kappa shape index (κ1) is 17.2. The van der Waals surface area contributed by atoms with E-state index in [0.717, 1.165) is 25.3 Å². The molecule has 1 aliphatic heterocycles. The fourth-order valence-corrected chi connectivity index (χ4v) is 4.39. The van der Waals surface area contributed by atoms with Gasteiger partial charge in [0.25, 0.3) is 0 Å². The van der Waals surface area contributed by atoms with Crippen molar-refractivity contribution in [1.29, 1.82) is 0 Å². The van der Waals surface area contributed by atoms with Crippen LogP contribution in [-0.2, 0) is 6.54 Å². The predicted octanol–water partition coefficient (Wildman–Crippen LogP) is 4.09. The second-order valence-electron chi connectivity index (χ2n) is 6.84. The molecule has 0 bridgehead atoms. The summed E-state index contributed by atoms with van der Waals surface area (Å²) in [7, 11) is 0. The Hall–Kier alpha value is -2.18. The highest BCUT2D eigenvalue weighted by Gasteiger charge is 2.17. The molecule has 0 spiro atoms. The topological polar surface area (TPSA) is 46.0 Å². The molecule has 6 heteroatoms. The zero-order valence-corrected chi connectivity index (χ0v) is 16.2. The normalized spacial score (nSPS) is 15.5. The Kier molecular flexibility index (Phi) is 5.04. The zero-order valence-electron chi connectivity index (χ0n) is 15.4. The third-order valence-electron chi connectivity index (χ3n) is 5.02. The highest BCUT2D eigenvalue weighted by Crippen LogP contribution is 2.26. The molecule has 3 aromatic rings. The van der Waals surface area contributed by atoms with Gasteiger partial charge in [0.2, 0.25) is 0 Å². The smallest absolute Gasteiger partial charge is 0.185 e. The summed E-state index contributed by atoms with van der Waals surface area (Å²) < 4.78 is 2.01. The number of nitrogens with one attached hydrogen (secondary N) is 1. The molecular formula is C20H25N5S. The number of hydrogen-bond donors (Lipinski definition) is 1. The zero-order chi connectivity index (χ0) is 17.9. The van der Waals surface area contributed by atoms with Gasteiger partial charge in [-0.2, -0.15) is 5.10 Å². The maximum atomic E-state index is 4.60. The largest absolute Gasteiger partial charge is 0.348 e. The molecule has 0 saturated carbocycles. The van der Waals surface area contributed by atoms with Crippen LogP contribution in [0.15, 0.2) is 42.7 Å². The summed E-state index contributed by atoms with van der Waals surface area (Å²) in [5, 5.41) is 9.37. The first-order chi connectivity index (χ1) is 12.7. The molecule has 1 aromatic carbocycles. The number of thiazole rings is 1. The summed E-state index contributed by atoms with van der Waals surface area (Å²) in [4.78, 5) is 8.28. The maximum Gasteiger partial charge on any atom is 0.185 e. The van der Waals surface area contributed by atoms with E-state index in [1.807, 2.05) is 35.3 Å². The van der Waals surface area contributed by atoms with Gasteiger partial charge in [-0.15, -0.1) is 11.3 Å². The minimum Gasteiger partial charge on any atom is -0.348 e. The van der Waals surface area contributed by atoms with E-state index in [4.69, 9.17) is 0 Å². The lowest BCUT2D eigenvalue weighted by Gasteiger charge is -2.14.